The lowest BCUT2D eigenvalue weighted by molar-refractivity contribution is 0.276. The normalized spacial score (nSPS) is 10.9. The van der Waals surface area contributed by atoms with E-state index in [1.54, 1.807) is 0 Å². The number of nitriles is 1. The maximum absolute atomic E-state index is 9.23. The Morgan fingerprint density at radius 3 is 2.33 bits per heavy atom. The average molecular weight is 245 g/mol. The molecule has 0 spiro atoms. The molecule has 0 atom stereocenters. The van der Waals surface area contributed by atoms with Crippen molar-refractivity contribution in [2.45, 2.75) is 46.0 Å². The van der Waals surface area contributed by atoms with Gasteiger partial charge in [-0.3, -0.25) is 0 Å². The van der Waals surface area contributed by atoms with Crippen molar-refractivity contribution in [1.82, 2.24) is 0 Å². The smallest absolute Gasteiger partial charge is 0.119 e. The molecule has 0 bridgehead atoms. The van der Waals surface area contributed by atoms with Gasteiger partial charge in [-0.1, -0.05) is 32.0 Å². The molecule has 2 heteroatoms. The van der Waals surface area contributed by atoms with Crippen LogP contribution in [0, 0.1) is 16.7 Å². The topological polar surface area (TPSA) is 33.0 Å². The third kappa shape index (κ3) is 4.41. The molecule has 98 valence electrons. The van der Waals surface area contributed by atoms with Gasteiger partial charge in [0.15, 0.2) is 0 Å². The molecule has 0 aromatic heterocycles. The van der Waals surface area contributed by atoms with Crippen molar-refractivity contribution in [3.8, 4) is 11.8 Å². The first-order chi connectivity index (χ1) is 8.76. The van der Waals surface area contributed by atoms with Crippen LogP contribution in [0.5, 0.6) is 5.75 Å². The Hall–Kier alpha value is -1.49. The minimum Gasteiger partial charge on any atom is -0.494 e. The third-order valence-corrected chi connectivity index (χ3v) is 3.65. The van der Waals surface area contributed by atoms with E-state index in [1.165, 1.54) is 0 Å². The van der Waals surface area contributed by atoms with E-state index in [1.807, 2.05) is 30.3 Å². The number of para-hydroxylation sites is 1. The lowest BCUT2D eigenvalue weighted by Gasteiger charge is -2.22. The van der Waals surface area contributed by atoms with Crippen LogP contribution in [0.2, 0.25) is 0 Å². The highest BCUT2D eigenvalue weighted by atomic mass is 16.5. The number of nitrogens with zero attached hydrogens (tertiary/aromatic N) is 1. The van der Waals surface area contributed by atoms with Crippen LogP contribution in [0.4, 0.5) is 0 Å². The van der Waals surface area contributed by atoms with E-state index >= 15 is 0 Å². The maximum Gasteiger partial charge on any atom is 0.119 e. The Kier molecular flexibility index (Phi) is 6.28. The molecule has 18 heavy (non-hydrogen) atoms. The molecule has 0 aliphatic rings. The van der Waals surface area contributed by atoms with Gasteiger partial charge in [0.2, 0.25) is 0 Å². The standard InChI is InChI=1S/C16H23NO/c1-3-16(4-2,14-17)12-8-9-13-18-15-10-6-5-7-11-15/h5-7,10-11H,3-4,8-9,12-13H2,1-2H3. The Bertz CT molecular complexity index is 362. The summed E-state index contributed by atoms with van der Waals surface area (Å²) in [6.45, 7) is 4.94. The van der Waals surface area contributed by atoms with Crippen LogP contribution in [0.25, 0.3) is 0 Å². The summed E-state index contributed by atoms with van der Waals surface area (Å²) in [6, 6.07) is 12.4. The lowest BCUT2D eigenvalue weighted by atomic mass is 9.79. The predicted molar refractivity (Wildman–Crippen MR) is 74.4 cm³/mol. The molecule has 0 aliphatic carbocycles. The van der Waals surface area contributed by atoms with E-state index in [0.29, 0.717) is 0 Å². The maximum atomic E-state index is 9.23. The van der Waals surface area contributed by atoms with Gasteiger partial charge >= 0.3 is 0 Å². The zero-order chi connectivity index (χ0) is 13.3. The van der Waals surface area contributed by atoms with Crippen LogP contribution in [0.1, 0.15) is 46.0 Å². The van der Waals surface area contributed by atoms with Crippen molar-refractivity contribution in [1.29, 1.82) is 5.26 Å². The van der Waals surface area contributed by atoms with Crippen LogP contribution in [0.15, 0.2) is 30.3 Å². The van der Waals surface area contributed by atoms with E-state index in [9.17, 15) is 5.26 Å². The quantitative estimate of drug-likeness (QED) is 0.629. The van der Waals surface area contributed by atoms with Gasteiger partial charge in [0.1, 0.15) is 5.75 Å². The summed E-state index contributed by atoms with van der Waals surface area (Å²) >= 11 is 0. The molecule has 1 aromatic rings. The predicted octanol–water partition coefficient (Wildman–Crippen LogP) is 4.57. The van der Waals surface area contributed by atoms with E-state index in [-0.39, 0.29) is 5.41 Å². The molecule has 0 aliphatic heterocycles. The Balaban J connectivity index is 2.21. The van der Waals surface area contributed by atoms with Gasteiger partial charge in [0.05, 0.1) is 18.1 Å². The fourth-order valence-electron chi connectivity index (χ4n) is 2.09. The first-order valence-electron chi connectivity index (χ1n) is 6.85. The van der Waals surface area contributed by atoms with Crippen LogP contribution in [-0.2, 0) is 0 Å². The minimum atomic E-state index is -0.118. The van der Waals surface area contributed by atoms with Crippen LogP contribution >= 0.6 is 0 Å². The number of hydrogen-bond donors (Lipinski definition) is 0. The molecule has 0 amide bonds. The van der Waals surface area contributed by atoms with E-state index in [2.05, 4.69) is 19.9 Å². The Morgan fingerprint density at radius 2 is 1.78 bits per heavy atom. The van der Waals surface area contributed by atoms with Crippen LogP contribution in [-0.4, -0.2) is 6.61 Å². The van der Waals surface area contributed by atoms with Crippen molar-refractivity contribution in [3.63, 3.8) is 0 Å². The largest absolute Gasteiger partial charge is 0.494 e. The molecular weight excluding hydrogens is 222 g/mol. The van der Waals surface area contributed by atoms with Gasteiger partial charge in [0, 0.05) is 0 Å². The molecule has 0 saturated heterocycles. The summed E-state index contributed by atoms with van der Waals surface area (Å²) in [5, 5.41) is 9.23. The fraction of sp³-hybridized carbons (Fsp3) is 0.562. The monoisotopic (exact) mass is 245 g/mol. The summed E-state index contributed by atoms with van der Waals surface area (Å²) in [5.41, 5.74) is -0.118. The van der Waals surface area contributed by atoms with Crippen molar-refractivity contribution in [3.05, 3.63) is 30.3 Å². The summed E-state index contributed by atoms with van der Waals surface area (Å²) < 4.78 is 5.64. The van der Waals surface area contributed by atoms with Gasteiger partial charge in [-0.2, -0.15) is 5.26 Å². The van der Waals surface area contributed by atoms with Crippen molar-refractivity contribution >= 4 is 0 Å². The van der Waals surface area contributed by atoms with E-state index in [4.69, 9.17) is 4.74 Å². The summed E-state index contributed by atoms with van der Waals surface area (Å²) in [4.78, 5) is 0. The first kappa shape index (κ1) is 14.6. The van der Waals surface area contributed by atoms with Crippen molar-refractivity contribution in [2.24, 2.45) is 5.41 Å². The fourth-order valence-corrected chi connectivity index (χ4v) is 2.09. The molecule has 0 unspecified atom stereocenters. The zero-order valence-electron chi connectivity index (χ0n) is 11.5. The highest BCUT2D eigenvalue weighted by Crippen LogP contribution is 2.31. The first-order valence-corrected chi connectivity index (χ1v) is 6.85. The second-order valence-corrected chi connectivity index (χ2v) is 4.72. The molecular formula is C16H23NO. The van der Waals surface area contributed by atoms with Gasteiger partial charge in [-0.15, -0.1) is 0 Å². The minimum absolute atomic E-state index is 0.118. The third-order valence-electron chi connectivity index (χ3n) is 3.65. The van der Waals surface area contributed by atoms with Crippen molar-refractivity contribution < 1.29 is 4.74 Å². The Morgan fingerprint density at radius 1 is 1.11 bits per heavy atom. The number of hydrogen-bond acceptors (Lipinski definition) is 2. The average Bonchev–Trinajstić information content (AvgIpc) is 2.45. The molecule has 0 fully saturated rings. The van der Waals surface area contributed by atoms with Gasteiger partial charge in [-0.05, 0) is 44.2 Å². The molecule has 0 saturated carbocycles. The molecule has 0 heterocycles. The molecule has 1 rings (SSSR count). The SMILES string of the molecule is CCC(C#N)(CC)CCCCOc1ccccc1. The Labute approximate surface area is 111 Å². The van der Waals surface area contributed by atoms with Gasteiger partial charge < -0.3 is 4.74 Å². The molecule has 2 nitrogen and oxygen atoms in total. The molecule has 0 N–H and O–H groups in total. The summed E-state index contributed by atoms with van der Waals surface area (Å²) in [5.74, 6) is 0.926. The second kappa shape index (κ2) is 7.76. The number of rotatable bonds is 8. The van der Waals surface area contributed by atoms with Crippen molar-refractivity contribution in [2.75, 3.05) is 6.61 Å². The van der Waals surface area contributed by atoms with Gasteiger partial charge in [0.25, 0.3) is 0 Å². The van der Waals surface area contributed by atoms with Crippen LogP contribution < -0.4 is 4.74 Å². The molecule has 1 aromatic carbocycles. The van der Waals surface area contributed by atoms with E-state index in [0.717, 1.165) is 44.5 Å². The number of unbranched alkanes of at least 4 members (excludes halogenated alkanes) is 1. The lowest BCUT2D eigenvalue weighted by Crippen LogP contribution is -2.16. The number of benzene rings is 1. The zero-order valence-corrected chi connectivity index (χ0v) is 11.5. The highest BCUT2D eigenvalue weighted by Gasteiger charge is 2.24. The second-order valence-electron chi connectivity index (χ2n) is 4.72. The highest BCUT2D eigenvalue weighted by molar-refractivity contribution is 5.20. The number of ether oxygens (including phenoxy) is 1. The summed E-state index contributed by atoms with van der Waals surface area (Å²) in [6.07, 6.45) is 4.94. The summed E-state index contributed by atoms with van der Waals surface area (Å²) in [7, 11) is 0. The van der Waals surface area contributed by atoms with Crippen LogP contribution in [0.3, 0.4) is 0 Å². The van der Waals surface area contributed by atoms with E-state index < -0.39 is 0 Å². The van der Waals surface area contributed by atoms with Gasteiger partial charge in [-0.25, -0.2) is 0 Å². The molecule has 0 radical (unpaired) electrons.